The Hall–Kier alpha value is -4.42. The molecule has 1 N–H and O–H groups in total. The lowest BCUT2D eigenvalue weighted by atomic mass is 10.1. The fraction of sp³-hybridized carbons (Fsp3) is 0.357. The second-order valence-electron chi connectivity index (χ2n) is 10.3. The number of aromatic nitrogens is 8. The minimum absolute atomic E-state index is 0.0496. The Balaban J connectivity index is 1.32. The minimum Gasteiger partial charge on any atom is -0.363 e. The third-order valence-corrected chi connectivity index (χ3v) is 7.07. The second-order valence-corrected chi connectivity index (χ2v) is 10.3. The number of imidazole rings is 2. The standard InChI is InChI=1S/C28H27F4N9/c1-4-20-22(23(16-5-6-16)36-14-35-20)24-38-25(27-33-9-10-41(27)39-24)34-12-18-8-7-17(11-19(18)29)26-37-21(28(30,31)32)13-40(26)15(2)3/h7-11,13-16H,4-6,12H2,1-3H3,(H,34,38,39). The molecule has 4 aromatic heterocycles. The summed E-state index contributed by atoms with van der Waals surface area (Å²) in [6.45, 7) is 5.55. The van der Waals surface area contributed by atoms with Crippen LogP contribution in [0.15, 0.2) is 43.1 Å². The van der Waals surface area contributed by atoms with Gasteiger partial charge in [-0.2, -0.15) is 13.2 Å². The van der Waals surface area contributed by atoms with Crippen molar-refractivity contribution in [1.29, 1.82) is 0 Å². The van der Waals surface area contributed by atoms with Gasteiger partial charge in [0.2, 0.25) is 0 Å². The largest absolute Gasteiger partial charge is 0.434 e. The van der Waals surface area contributed by atoms with Gasteiger partial charge in [0.1, 0.15) is 18.0 Å². The van der Waals surface area contributed by atoms with Gasteiger partial charge < -0.3 is 9.88 Å². The van der Waals surface area contributed by atoms with E-state index in [1.165, 1.54) is 16.7 Å². The van der Waals surface area contributed by atoms with Crippen LogP contribution >= 0.6 is 0 Å². The van der Waals surface area contributed by atoms with Crippen LogP contribution in [0.3, 0.4) is 0 Å². The predicted molar refractivity (Wildman–Crippen MR) is 143 cm³/mol. The summed E-state index contributed by atoms with van der Waals surface area (Å²) in [6.07, 6.45) is 4.02. The third-order valence-electron chi connectivity index (χ3n) is 7.07. The Labute approximate surface area is 232 Å². The van der Waals surface area contributed by atoms with E-state index in [1.54, 1.807) is 43.2 Å². The maximum absolute atomic E-state index is 15.3. The Kier molecular flexibility index (Phi) is 6.66. The first-order valence-electron chi connectivity index (χ1n) is 13.4. The number of nitrogens with zero attached hydrogens (tertiary/aromatic N) is 8. The van der Waals surface area contributed by atoms with E-state index in [0.29, 0.717) is 35.2 Å². The molecule has 1 saturated carbocycles. The number of aryl methyl sites for hydroxylation is 1. The molecule has 9 nitrogen and oxygen atoms in total. The summed E-state index contributed by atoms with van der Waals surface area (Å²) in [5.74, 6) is 0.670. The maximum atomic E-state index is 15.3. The van der Waals surface area contributed by atoms with Gasteiger partial charge in [-0.15, -0.1) is 5.10 Å². The van der Waals surface area contributed by atoms with E-state index in [-0.39, 0.29) is 24.0 Å². The van der Waals surface area contributed by atoms with Crippen LogP contribution in [0, 0.1) is 5.82 Å². The fourth-order valence-electron chi connectivity index (χ4n) is 4.81. The minimum atomic E-state index is -4.60. The van der Waals surface area contributed by atoms with Gasteiger partial charge in [-0.05, 0) is 39.2 Å². The second kappa shape index (κ2) is 10.2. The fourth-order valence-corrected chi connectivity index (χ4v) is 4.81. The molecule has 0 aliphatic heterocycles. The van der Waals surface area contributed by atoms with Crippen molar-refractivity contribution in [2.24, 2.45) is 0 Å². The number of hydrogen-bond donors (Lipinski definition) is 1. The monoisotopic (exact) mass is 565 g/mol. The molecular formula is C28H27F4N9. The van der Waals surface area contributed by atoms with Crippen LogP contribution in [0.1, 0.15) is 68.2 Å². The molecule has 0 bridgehead atoms. The van der Waals surface area contributed by atoms with E-state index in [2.05, 4.69) is 30.4 Å². The Morgan fingerprint density at radius 3 is 2.59 bits per heavy atom. The van der Waals surface area contributed by atoms with Crippen LogP contribution in [0.25, 0.3) is 28.4 Å². The first kappa shape index (κ1) is 26.8. The van der Waals surface area contributed by atoms with Crippen molar-refractivity contribution in [3.8, 4) is 22.8 Å². The van der Waals surface area contributed by atoms with E-state index in [4.69, 9.17) is 4.98 Å². The van der Waals surface area contributed by atoms with E-state index in [0.717, 1.165) is 36.0 Å². The molecule has 1 aliphatic carbocycles. The number of benzene rings is 1. The molecule has 0 spiro atoms. The average molecular weight is 566 g/mol. The highest BCUT2D eigenvalue weighted by molar-refractivity contribution is 5.69. The molecule has 13 heteroatoms. The number of alkyl halides is 3. The summed E-state index contributed by atoms with van der Waals surface area (Å²) in [4.78, 5) is 21.9. The average Bonchev–Trinajstić information content (AvgIpc) is 3.48. The van der Waals surface area contributed by atoms with Crippen molar-refractivity contribution in [3.05, 3.63) is 71.6 Å². The van der Waals surface area contributed by atoms with Crippen molar-refractivity contribution < 1.29 is 17.6 Å². The van der Waals surface area contributed by atoms with Gasteiger partial charge in [0, 0.05) is 48.2 Å². The van der Waals surface area contributed by atoms with E-state index >= 15 is 4.39 Å². The van der Waals surface area contributed by atoms with E-state index in [1.807, 2.05) is 6.92 Å². The first-order valence-corrected chi connectivity index (χ1v) is 13.4. The number of halogens is 4. The van der Waals surface area contributed by atoms with Crippen LogP contribution in [-0.4, -0.2) is 39.1 Å². The molecule has 1 aromatic carbocycles. The zero-order chi connectivity index (χ0) is 28.9. The summed E-state index contributed by atoms with van der Waals surface area (Å²) in [5, 5.41) is 7.84. The van der Waals surface area contributed by atoms with Gasteiger partial charge in [0.15, 0.2) is 23.0 Å². The molecule has 0 radical (unpaired) electrons. The van der Waals surface area contributed by atoms with Crippen LogP contribution in [-0.2, 0) is 19.1 Å². The van der Waals surface area contributed by atoms with Gasteiger partial charge in [0.25, 0.3) is 0 Å². The molecule has 0 amide bonds. The Morgan fingerprint density at radius 2 is 1.90 bits per heavy atom. The van der Waals surface area contributed by atoms with E-state index in [9.17, 15) is 13.2 Å². The van der Waals surface area contributed by atoms with Crippen molar-refractivity contribution in [3.63, 3.8) is 0 Å². The lowest BCUT2D eigenvalue weighted by Gasteiger charge is -2.14. The molecule has 4 heterocycles. The van der Waals surface area contributed by atoms with Gasteiger partial charge in [-0.3, -0.25) is 0 Å². The summed E-state index contributed by atoms with van der Waals surface area (Å²) in [7, 11) is 0. The quantitative estimate of drug-likeness (QED) is 0.223. The van der Waals surface area contributed by atoms with Crippen LogP contribution in [0.2, 0.25) is 0 Å². The number of rotatable bonds is 8. The summed E-state index contributed by atoms with van der Waals surface area (Å²) in [5.41, 5.74) is 2.58. The van der Waals surface area contributed by atoms with Crippen molar-refractivity contribution in [2.75, 3.05) is 5.32 Å². The van der Waals surface area contributed by atoms with Gasteiger partial charge in [-0.25, -0.2) is 33.8 Å². The number of hydrogen-bond acceptors (Lipinski definition) is 7. The topological polar surface area (TPSA) is 98.7 Å². The lowest BCUT2D eigenvalue weighted by Crippen LogP contribution is -2.10. The zero-order valence-corrected chi connectivity index (χ0v) is 22.6. The normalized spacial score (nSPS) is 13.9. The molecule has 5 aromatic rings. The summed E-state index contributed by atoms with van der Waals surface area (Å²) >= 11 is 0. The van der Waals surface area contributed by atoms with Crippen molar-refractivity contribution in [2.45, 2.75) is 64.7 Å². The van der Waals surface area contributed by atoms with Crippen LogP contribution in [0.5, 0.6) is 0 Å². The summed E-state index contributed by atoms with van der Waals surface area (Å²) < 4.78 is 58.2. The molecule has 212 valence electrons. The molecule has 6 rings (SSSR count). The number of fused-ring (bicyclic) bond motifs is 1. The van der Waals surface area contributed by atoms with Crippen LogP contribution < -0.4 is 5.32 Å². The molecular weight excluding hydrogens is 538 g/mol. The van der Waals surface area contributed by atoms with Crippen LogP contribution in [0.4, 0.5) is 23.4 Å². The number of nitrogens with one attached hydrogen (secondary N) is 1. The Morgan fingerprint density at radius 1 is 1.10 bits per heavy atom. The molecule has 0 atom stereocenters. The van der Waals surface area contributed by atoms with Gasteiger partial charge in [-0.1, -0.05) is 19.1 Å². The van der Waals surface area contributed by atoms with Crippen molar-refractivity contribution >= 4 is 11.5 Å². The predicted octanol–water partition coefficient (Wildman–Crippen LogP) is 6.24. The number of anilines is 1. The zero-order valence-electron chi connectivity index (χ0n) is 22.6. The summed E-state index contributed by atoms with van der Waals surface area (Å²) in [6, 6.07) is 3.99. The molecule has 1 fully saturated rings. The van der Waals surface area contributed by atoms with Gasteiger partial charge >= 0.3 is 6.18 Å². The highest BCUT2D eigenvalue weighted by Crippen LogP contribution is 2.43. The molecule has 0 unspecified atom stereocenters. The van der Waals surface area contributed by atoms with Crippen molar-refractivity contribution in [1.82, 2.24) is 39.1 Å². The maximum Gasteiger partial charge on any atom is 0.434 e. The first-order chi connectivity index (χ1) is 19.6. The highest BCUT2D eigenvalue weighted by atomic mass is 19.4. The highest BCUT2D eigenvalue weighted by Gasteiger charge is 2.35. The SMILES string of the molecule is CCc1ncnc(C2CC2)c1-c1nc(NCc2ccc(-c3nc(C(F)(F)F)cn3C(C)C)cc2F)c2nccn2n1. The van der Waals surface area contributed by atoms with Gasteiger partial charge in [0.05, 0.1) is 17.0 Å². The molecule has 41 heavy (non-hydrogen) atoms. The molecule has 0 saturated heterocycles. The smallest absolute Gasteiger partial charge is 0.363 e. The lowest BCUT2D eigenvalue weighted by molar-refractivity contribution is -0.140. The van der Waals surface area contributed by atoms with E-state index < -0.39 is 17.7 Å². The Bertz CT molecular complexity index is 1730. The molecule has 1 aliphatic rings. The third kappa shape index (κ3) is 5.11.